The molecule has 0 bridgehead atoms. The highest BCUT2D eigenvalue weighted by atomic mass is 16.6. The van der Waals surface area contributed by atoms with Crippen molar-refractivity contribution in [1.82, 2.24) is 0 Å². The third kappa shape index (κ3) is 13.5. The first kappa shape index (κ1) is 36.7. The van der Waals surface area contributed by atoms with E-state index in [-0.39, 0.29) is 0 Å². The van der Waals surface area contributed by atoms with Gasteiger partial charge in [0.15, 0.2) is 0 Å². The number of epoxide rings is 2. The van der Waals surface area contributed by atoms with Gasteiger partial charge < -0.3 is 28.4 Å². The Morgan fingerprint density at radius 2 is 0.891 bits per heavy atom. The summed E-state index contributed by atoms with van der Waals surface area (Å²) >= 11 is 0. The molecule has 2 aromatic rings. The fourth-order valence-electron chi connectivity index (χ4n) is 6.34. The van der Waals surface area contributed by atoms with Gasteiger partial charge in [-0.25, -0.2) is 0 Å². The van der Waals surface area contributed by atoms with Crippen LogP contribution in [0.1, 0.15) is 100 Å². The summed E-state index contributed by atoms with van der Waals surface area (Å²) < 4.78 is 34.3. The zero-order chi connectivity index (χ0) is 32.7. The molecule has 6 nitrogen and oxygen atoms in total. The van der Waals surface area contributed by atoms with E-state index in [1.165, 1.54) is 71.9 Å². The molecule has 6 heteroatoms. The monoisotopic (exact) mass is 638 g/mol. The average molecular weight is 639 g/mol. The summed E-state index contributed by atoms with van der Waals surface area (Å²) in [6, 6.07) is 9.08. The molecule has 0 spiro atoms. The van der Waals surface area contributed by atoms with E-state index in [0.717, 1.165) is 102 Å². The molecule has 0 amide bonds. The van der Waals surface area contributed by atoms with Gasteiger partial charge >= 0.3 is 0 Å². The van der Waals surface area contributed by atoms with E-state index in [4.69, 9.17) is 28.4 Å². The van der Waals surface area contributed by atoms with Gasteiger partial charge in [-0.3, -0.25) is 0 Å². The Labute approximate surface area is 279 Å². The standard InChI is InChI=1S/C40H62O6/c1-29(15-11-17-41-25-37-27-45-37)13-7-9-19-43-39-31(3)21-35(22-32(39)4)36-23-33(5)40(34(6)24-36)44-20-10-8-14-30(2)16-12-18-42-26-38-28-46-38/h21-24,29-30,37-38H,7-20,25-28H2,1-6H3. The van der Waals surface area contributed by atoms with Crippen LogP contribution >= 0.6 is 0 Å². The lowest BCUT2D eigenvalue weighted by atomic mass is 9.96. The summed E-state index contributed by atoms with van der Waals surface area (Å²) in [7, 11) is 0. The van der Waals surface area contributed by atoms with Crippen molar-refractivity contribution in [2.24, 2.45) is 11.8 Å². The molecular weight excluding hydrogens is 576 g/mol. The summed E-state index contributed by atoms with van der Waals surface area (Å²) in [6.07, 6.45) is 12.5. The Balaban J connectivity index is 1.12. The Kier molecular flexibility index (Phi) is 15.7. The van der Waals surface area contributed by atoms with Crippen LogP contribution in [0.3, 0.4) is 0 Å². The first-order valence-electron chi connectivity index (χ1n) is 18.2. The zero-order valence-electron chi connectivity index (χ0n) is 29.8. The largest absolute Gasteiger partial charge is 0.493 e. The molecule has 2 aliphatic rings. The van der Waals surface area contributed by atoms with Crippen LogP contribution in [0.2, 0.25) is 0 Å². The van der Waals surface area contributed by atoms with Gasteiger partial charge in [-0.05, 0) is 149 Å². The van der Waals surface area contributed by atoms with Crippen LogP contribution in [0.15, 0.2) is 24.3 Å². The number of rotatable bonds is 25. The van der Waals surface area contributed by atoms with Crippen LogP contribution in [-0.4, -0.2) is 65.1 Å². The highest BCUT2D eigenvalue weighted by Gasteiger charge is 2.22. The van der Waals surface area contributed by atoms with Crippen LogP contribution in [0.25, 0.3) is 11.1 Å². The van der Waals surface area contributed by atoms with Crippen LogP contribution < -0.4 is 9.47 Å². The minimum Gasteiger partial charge on any atom is -0.493 e. The van der Waals surface area contributed by atoms with Crippen molar-refractivity contribution < 1.29 is 28.4 Å². The van der Waals surface area contributed by atoms with Crippen molar-refractivity contribution >= 4 is 0 Å². The van der Waals surface area contributed by atoms with Gasteiger partial charge in [0.05, 0.1) is 39.6 Å². The van der Waals surface area contributed by atoms with E-state index < -0.39 is 0 Å². The maximum atomic E-state index is 6.30. The summed E-state index contributed by atoms with van der Waals surface area (Å²) in [5.41, 5.74) is 7.27. The van der Waals surface area contributed by atoms with Gasteiger partial charge in [-0.2, -0.15) is 0 Å². The molecule has 46 heavy (non-hydrogen) atoms. The fraction of sp³-hybridized carbons (Fsp3) is 0.700. The molecule has 258 valence electrons. The van der Waals surface area contributed by atoms with Crippen molar-refractivity contribution in [1.29, 1.82) is 0 Å². The third-order valence-corrected chi connectivity index (χ3v) is 9.31. The molecule has 4 atom stereocenters. The van der Waals surface area contributed by atoms with E-state index in [1.807, 2.05) is 0 Å². The van der Waals surface area contributed by atoms with Gasteiger partial charge in [-0.1, -0.05) is 26.7 Å². The van der Waals surface area contributed by atoms with Gasteiger partial charge in [-0.15, -0.1) is 0 Å². The lowest BCUT2D eigenvalue weighted by Gasteiger charge is -2.17. The molecule has 0 radical (unpaired) electrons. The molecular formula is C40H62O6. The quantitative estimate of drug-likeness (QED) is 0.0798. The third-order valence-electron chi connectivity index (χ3n) is 9.31. The van der Waals surface area contributed by atoms with Crippen LogP contribution in [-0.2, 0) is 18.9 Å². The molecule has 2 heterocycles. The molecule has 0 saturated carbocycles. The van der Waals surface area contributed by atoms with E-state index in [2.05, 4.69) is 65.8 Å². The number of unbranched alkanes of at least 4 members (excludes halogenated alkanes) is 2. The molecule has 0 aliphatic carbocycles. The normalized spacial score (nSPS) is 18.4. The summed E-state index contributed by atoms with van der Waals surface area (Å²) in [6.45, 7) is 19.9. The molecule has 4 unspecified atom stereocenters. The average Bonchev–Trinajstić information content (AvgIpc) is 3.95. The SMILES string of the molecule is Cc1cc(-c2cc(C)c(OCCCCC(C)CCCOCC3CO3)c(C)c2)cc(C)c1OCCCCC(C)CCCOCC1CO1. The number of hydrogen-bond acceptors (Lipinski definition) is 6. The van der Waals surface area contributed by atoms with E-state index >= 15 is 0 Å². The van der Waals surface area contributed by atoms with Crippen molar-refractivity contribution in [3.8, 4) is 22.6 Å². The Morgan fingerprint density at radius 1 is 0.543 bits per heavy atom. The topological polar surface area (TPSA) is 62.0 Å². The highest BCUT2D eigenvalue weighted by Crippen LogP contribution is 2.34. The second-order valence-electron chi connectivity index (χ2n) is 14.1. The number of aryl methyl sites for hydroxylation is 4. The smallest absolute Gasteiger partial charge is 0.125 e. The molecule has 0 aromatic heterocycles. The maximum Gasteiger partial charge on any atom is 0.125 e. The molecule has 2 aromatic carbocycles. The Morgan fingerprint density at radius 3 is 1.24 bits per heavy atom. The summed E-state index contributed by atoms with van der Waals surface area (Å²) in [4.78, 5) is 0. The van der Waals surface area contributed by atoms with Gasteiger partial charge in [0.2, 0.25) is 0 Å². The van der Waals surface area contributed by atoms with Crippen LogP contribution in [0.4, 0.5) is 0 Å². The lowest BCUT2D eigenvalue weighted by molar-refractivity contribution is 0.110. The molecule has 2 aliphatic heterocycles. The van der Waals surface area contributed by atoms with E-state index in [1.54, 1.807) is 0 Å². The van der Waals surface area contributed by atoms with E-state index in [0.29, 0.717) is 12.2 Å². The minimum absolute atomic E-state index is 0.370. The van der Waals surface area contributed by atoms with E-state index in [9.17, 15) is 0 Å². The number of ether oxygens (including phenoxy) is 6. The second kappa shape index (κ2) is 19.6. The molecule has 2 fully saturated rings. The highest BCUT2D eigenvalue weighted by molar-refractivity contribution is 5.70. The van der Waals surface area contributed by atoms with Crippen molar-refractivity contribution in [3.63, 3.8) is 0 Å². The van der Waals surface area contributed by atoms with Crippen molar-refractivity contribution in [3.05, 3.63) is 46.5 Å². The second-order valence-corrected chi connectivity index (χ2v) is 14.1. The first-order valence-corrected chi connectivity index (χ1v) is 18.2. The predicted molar refractivity (Wildman–Crippen MR) is 187 cm³/mol. The summed E-state index contributed by atoms with van der Waals surface area (Å²) in [5.74, 6) is 3.53. The molecule has 2 saturated heterocycles. The first-order chi connectivity index (χ1) is 22.3. The number of hydrogen-bond donors (Lipinski definition) is 0. The zero-order valence-corrected chi connectivity index (χ0v) is 29.8. The summed E-state index contributed by atoms with van der Waals surface area (Å²) in [5, 5.41) is 0. The lowest BCUT2D eigenvalue weighted by Crippen LogP contribution is -2.05. The van der Waals surface area contributed by atoms with Crippen molar-refractivity contribution in [2.45, 2.75) is 118 Å². The molecule has 0 N–H and O–H groups in total. The minimum atomic E-state index is 0.370. The van der Waals surface area contributed by atoms with Gasteiger partial charge in [0.25, 0.3) is 0 Å². The van der Waals surface area contributed by atoms with Crippen LogP contribution in [0, 0.1) is 39.5 Å². The predicted octanol–water partition coefficient (Wildman–Crippen LogP) is 9.35. The van der Waals surface area contributed by atoms with Crippen molar-refractivity contribution in [2.75, 3.05) is 52.9 Å². The maximum absolute atomic E-state index is 6.30. The fourth-order valence-corrected chi connectivity index (χ4v) is 6.34. The Hall–Kier alpha value is -2.12. The van der Waals surface area contributed by atoms with Gasteiger partial charge in [0.1, 0.15) is 23.7 Å². The van der Waals surface area contributed by atoms with Crippen LogP contribution in [0.5, 0.6) is 11.5 Å². The number of benzene rings is 2. The van der Waals surface area contributed by atoms with Gasteiger partial charge in [0, 0.05) is 13.2 Å². The Bertz CT molecular complexity index is 1030. The molecule has 4 rings (SSSR count).